The largest absolute Gasteiger partial charge is 0.381 e. The number of rotatable bonds is 23. The molecule has 2 aromatic rings. The van der Waals surface area contributed by atoms with Crippen molar-refractivity contribution in [3.8, 4) is 0 Å². The Bertz CT molecular complexity index is 953. The zero-order valence-electron chi connectivity index (χ0n) is 28.9. The van der Waals surface area contributed by atoms with Crippen LogP contribution in [0.4, 0.5) is 0 Å². The Morgan fingerprint density at radius 1 is 0.605 bits per heavy atom. The molecule has 2 aromatic carbocycles. The predicted octanol–water partition coefficient (Wildman–Crippen LogP) is 9.58. The monoisotopic (exact) mass is 595 g/mol. The van der Waals surface area contributed by atoms with Crippen LogP contribution < -0.4 is 5.73 Å². The van der Waals surface area contributed by atoms with Crippen LogP contribution in [0.25, 0.3) is 0 Å². The first-order chi connectivity index (χ1) is 20.5. The van der Waals surface area contributed by atoms with Gasteiger partial charge in [0.05, 0.1) is 13.2 Å². The molecule has 1 atom stereocenters. The SMILES string of the molecule is CCCCCCCCOCC(C)(C)c1cccc(C(O)(c2cccc(C(C)(C)COCCCCCCCC)c2)[C@@H](C)N)c1. The molecule has 0 aliphatic carbocycles. The van der Waals surface area contributed by atoms with Gasteiger partial charge in [0, 0.05) is 30.1 Å². The van der Waals surface area contributed by atoms with E-state index in [-0.39, 0.29) is 10.8 Å². The van der Waals surface area contributed by atoms with E-state index in [1.165, 1.54) is 64.2 Å². The van der Waals surface area contributed by atoms with E-state index in [1.807, 2.05) is 31.2 Å². The summed E-state index contributed by atoms with van der Waals surface area (Å²) in [5, 5.41) is 12.3. The van der Waals surface area contributed by atoms with Crippen LogP contribution in [0.5, 0.6) is 0 Å². The van der Waals surface area contributed by atoms with Crippen molar-refractivity contribution < 1.29 is 14.6 Å². The highest BCUT2D eigenvalue weighted by molar-refractivity contribution is 5.43. The number of hydrogen-bond acceptors (Lipinski definition) is 4. The van der Waals surface area contributed by atoms with Crippen molar-refractivity contribution in [1.29, 1.82) is 0 Å². The lowest BCUT2D eigenvalue weighted by molar-refractivity contribution is 0.0568. The summed E-state index contributed by atoms with van der Waals surface area (Å²) in [6.07, 6.45) is 15.1. The van der Waals surface area contributed by atoms with Gasteiger partial charge in [-0.05, 0) is 42.0 Å². The van der Waals surface area contributed by atoms with Crippen LogP contribution in [0, 0.1) is 0 Å². The lowest BCUT2D eigenvalue weighted by atomic mass is 9.76. The summed E-state index contributed by atoms with van der Waals surface area (Å²) < 4.78 is 12.3. The van der Waals surface area contributed by atoms with Crippen LogP contribution >= 0.6 is 0 Å². The van der Waals surface area contributed by atoms with Gasteiger partial charge in [0.2, 0.25) is 0 Å². The average molecular weight is 596 g/mol. The Morgan fingerprint density at radius 2 is 0.953 bits per heavy atom. The van der Waals surface area contributed by atoms with Crippen molar-refractivity contribution in [2.45, 2.75) is 148 Å². The number of aliphatic hydroxyl groups is 1. The van der Waals surface area contributed by atoms with E-state index in [2.05, 4.69) is 65.8 Å². The molecule has 3 N–H and O–H groups in total. The Morgan fingerprint density at radius 3 is 1.33 bits per heavy atom. The smallest absolute Gasteiger partial charge is 0.129 e. The second kappa shape index (κ2) is 18.9. The first kappa shape index (κ1) is 37.5. The van der Waals surface area contributed by atoms with Crippen molar-refractivity contribution in [1.82, 2.24) is 0 Å². The lowest BCUT2D eigenvalue weighted by Crippen LogP contribution is -2.45. The molecule has 0 bridgehead atoms. The van der Waals surface area contributed by atoms with Crippen LogP contribution in [0.1, 0.15) is 148 Å². The van der Waals surface area contributed by atoms with Gasteiger partial charge < -0.3 is 20.3 Å². The summed E-state index contributed by atoms with van der Waals surface area (Å²) in [4.78, 5) is 0. The van der Waals surface area contributed by atoms with Crippen LogP contribution in [0.15, 0.2) is 48.5 Å². The third kappa shape index (κ3) is 12.0. The fourth-order valence-electron chi connectivity index (χ4n) is 5.84. The Balaban J connectivity index is 2.11. The molecule has 2 rings (SSSR count). The quantitative estimate of drug-likeness (QED) is 0.126. The van der Waals surface area contributed by atoms with Gasteiger partial charge >= 0.3 is 0 Å². The van der Waals surface area contributed by atoms with Gasteiger partial charge in [0.1, 0.15) is 5.60 Å². The fraction of sp³-hybridized carbons (Fsp3) is 0.692. The molecule has 0 aliphatic heterocycles. The highest BCUT2D eigenvalue weighted by Gasteiger charge is 2.37. The Labute approximate surface area is 265 Å². The minimum atomic E-state index is -1.32. The number of ether oxygens (including phenoxy) is 2. The van der Waals surface area contributed by atoms with Gasteiger partial charge in [-0.25, -0.2) is 0 Å². The van der Waals surface area contributed by atoms with Gasteiger partial charge in [-0.15, -0.1) is 0 Å². The molecule has 0 aromatic heterocycles. The number of benzene rings is 2. The van der Waals surface area contributed by atoms with Crippen molar-refractivity contribution in [3.05, 3.63) is 70.8 Å². The third-order valence-electron chi connectivity index (χ3n) is 9.04. The second-order valence-corrected chi connectivity index (χ2v) is 14.1. The molecule has 0 saturated heterocycles. The van der Waals surface area contributed by atoms with E-state index in [0.29, 0.717) is 13.2 Å². The Hall–Kier alpha value is -1.72. The molecule has 0 radical (unpaired) electrons. The van der Waals surface area contributed by atoms with Gasteiger partial charge in [0.15, 0.2) is 0 Å². The van der Waals surface area contributed by atoms with Crippen molar-refractivity contribution in [2.24, 2.45) is 5.73 Å². The zero-order valence-corrected chi connectivity index (χ0v) is 28.9. The standard InChI is InChI=1S/C39H65NO3/c1-8-10-12-14-16-18-26-42-30-37(4,5)33-22-20-24-35(28-33)39(41,32(3)40)36-25-21-23-34(29-36)38(6,7)31-43-27-19-17-15-13-11-9-2/h20-25,28-29,32,41H,8-19,26-27,30-31,40H2,1-7H3/t32-/m1/s1. The molecular weight excluding hydrogens is 530 g/mol. The molecule has 244 valence electrons. The minimum Gasteiger partial charge on any atom is -0.381 e. The molecule has 0 amide bonds. The lowest BCUT2D eigenvalue weighted by Gasteiger charge is -2.36. The highest BCUT2D eigenvalue weighted by atomic mass is 16.5. The Kier molecular flexibility index (Phi) is 16.5. The van der Waals surface area contributed by atoms with E-state index < -0.39 is 11.6 Å². The summed E-state index contributed by atoms with van der Waals surface area (Å²) in [6, 6.07) is 16.1. The molecule has 0 aliphatic rings. The summed E-state index contributed by atoms with van der Waals surface area (Å²) >= 11 is 0. The van der Waals surface area contributed by atoms with Crippen LogP contribution in [-0.2, 0) is 25.9 Å². The average Bonchev–Trinajstić information content (AvgIpc) is 2.99. The van der Waals surface area contributed by atoms with Gasteiger partial charge in [-0.1, -0.05) is 154 Å². The van der Waals surface area contributed by atoms with Crippen LogP contribution in [0.3, 0.4) is 0 Å². The predicted molar refractivity (Wildman–Crippen MR) is 184 cm³/mol. The molecular formula is C39H65NO3. The van der Waals surface area contributed by atoms with Gasteiger partial charge in [-0.2, -0.15) is 0 Å². The molecule has 4 heteroatoms. The van der Waals surface area contributed by atoms with Crippen LogP contribution in [-0.4, -0.2) is 37.6 Å². The number of hydrogen-bond donors (Lipinski definition) is 2. The number of unbranched alkanes of at least 4 members (excludes halogenated alkanes) is 10. The first-order valence-corrected chi connectivity index (χ1v) is 17.3. The molecule has 0 spiro atoms. The third-order valence-corrected chi connectivity index (χ3v) is 9.04. The summed E-state index contributed by atoms with van der Waals surface area (Å²) in [5.41, 5.74) is 8.80. The number of nitrogens with two attached hydrogens (primary N) is 1. The minimum absolute atomic E-state index is 0.186. The molecule has 0 unspecified atom stereocenters. The van der Waals surface area contributed by atoms with E-state index in [9.17, 15) is 5.11 Å². The maximum Gasteiger partial charge on any atom is 0.129 e. The molecule has 0 saturated carbocycles. The fourth-order valence-corrected chi connectivity index (χ4v) is 5.84. The van der Waals surface area contributed by atoms with E-state index >= 15 is 0 Å². The molecule has 0 fully saturated rings. The van der Waals surface area contributed by atoms with Crippen molar-refractivity contribution in [2.75, 3.05) is 26.4 Å². The maximum absolute atomic E-state index is 12.3. The van der Waals surface area contributed by atoms with Gasteiger partial charge in [-0.3, -0.25) is 0 Å². The molecule has 4 nitrogen and oxygen atoms in total. The van der Waals surface area contributed by atoms with E-state index in [4.69, 9.17) is 15.2 Å². The van der Waals surface area contributed by atoms with Crippen molar-refractivity contribution in [3.63, 3.8) is 0 Å². The van der Waals surface area contributed by atoms with Crippen LogP contribution in [0.2, 0.25) is 0 Å². The molecule has 43 heavy (non-hydrogen) atoms. The zero-order chi connectivity index (χ0) is 31.8. The van der Waals surface area contributed by atoms with Crippen molar-refractivity contribution >= 4 is 0 Å². The maximum atomic E-state index is 12.3. The van der Waals surface area contributed by atoms with Gasteiger partial charge in [0.25, 0.3) is 0 Å². The summed E-state index contributed by atoms with van der Waals surface area (Å²) in [6.45, 7) is 18.1. The van der Waals surface area contributed by atoms with E-state index in [0.717, 1.165) is 48.3 Å². The first-order valence-electron chi connectivity index (χ1n) is 17.3. The molecule has 0 heterocycles. The highest BCUT2D eigenvalue weighted by Crippen LogP contribution is 2.37. The normalized spacial score (nSPS) is 13.4. The second-order valence-electron chi connectivity index (χ2n) is 14.1. The summed E-state index contributed by atoms with van der Waals surface area (Å²) in [7, 11) is 0. The summed E-state index contributed by atoms with van der Waals surface area (Å²) in [5.74, 6) is 0. The topological polar surface area (TPSA) is 64.7 Å². The van der Waals surface area contributed by atoms with E-state index in [1.54, 1.807) is 0 Å².